The lowest BCUT2D eigenvalue weighted by molar-refractivity contribution is -0.151. The Labute approximate surface area is 313 Å². The summed E-state index contributed by atoms with van der Waals surface area (Å²) in [6.45, 7) is 9.52. The molecule has 53 heavy (non-hydrogen) atoms. The highest BCUT2D eigenvalue weighted by Crippen LogP contribution is 2.48. The van der Waals surface area contributed by atoms with Crippen LogP contribution in [0.15, 0.2) is 30.3 Å². The molecule has 4 N–H and O–H groups in total. The van der Waals surface area contributed by atoms with E-state index in [4.69, 9.17) is 9.84 Å². The van der Waals surface area contributed by atoms with Gasteiger partial charge in [-0.2, -0.15) is 5.10 Å². The predicted molar refractivity (Wildman–Crippen MR) is 204 cm³/mol. The van der Waals surface area contributed by atoms with E-state index in [1.165, 1.54) is 23.9 Å². The summed E-state index contributed by atoms with van der Waals surface area (Å²) in [5.74, 6) is -1.01. The molecule has 2 fully saturated rings. The van der Waals surface area contributed by atoms with E-state index in [0.717, 1.165) is 63.7 Å². The Balaban J connectivity index is 1.49. The van der Waals surface area contributed by atoms with Crippen LogP contribution < -0.4 is 15.4 Å². The number of aliphatic carboxylic acids is 1. The van der Waals surface area contributed by atoms with E-state index in [1.807, 2.05) is 20.9 Å². The molecule has 1 aromatic heterocycles. The first kappa shape index (κ1) is 39.6. The molecule has 2 amide bonds. The molecule has 2 aliphatic rings. The predicted octanol–water partition coefficient (Wildman–Crippen LogP) is 5.38. The fourth-order valence-corrected chi connectivity index (χ4v) is 8.29. The third-order valence-corrected chi connectivity index (χ3v) is 11.1. The van der Waals surface area contributed by atoms with Crippen LogP contribution in [-0.2, 0) is 4.79 Å². The molecule has 4 atom stereocenters. The highest BCUT2D eigenvalue weighted by atomic mass is 16.5. The summed E-state index contributed by atoms with van der Waals surface area (Å²) < 4.78 is 7.14. The maximum atomic E-state index is 14.1. The molecule has 3 aromatic rings. The van der Waals surface area contributed by atoms with Gasteiger partial charge in [0.2, 0.25) is 0 Å². The Kier molecular flexibility index (Phi) is 12.7. The van der Waals surface area contributed by atoms with E-state index in [9.17, 15) is 24.6 Å². The van der Waals surface area contributed by atoms with Gasteiger partial charge >= 0.3 is 5.97 Å². The number of rotatable bonds is 16. The number of carboxylic acid groups (broad SMARTS) is 1. The molecule has 12 nitrogen and oxygen atoms in total. The fourth-order valence-electron chi connectivity index (χ4n) is 8.29. The number of carboxylic acids is 1. The highest BCUT2D eigenvalue weighted by molar-refractivity contribution is 5.98. The van der Waals surface area contributed by atoms with Crippen LogP contribution in [0.2, 0.25) is 0 Å². The number of carbonyl (C=O) groups excluding carboxylic acids is 2. The van der Waals surface area contributed by atoms with Crippen LogP contribution in [0.1, 0.15) is 98.0 Å². The van der Waals surface area contributed by atoms with Crippen molar-refractivity contribution in [3.05, 3.63) is 59.3 Å². The molecule has 2 aliphatic carbocycles. The lowest BCUT2D eigenvalue weighted by Gasteiger charge is -2.48. The second-order valence-corrected chi connectivity index (χ2v) is 15.4. The third kappa shape index (κ3) is 8.63. The maximum Gasteiger partial charge on any atom is 0.329 e. The highest BCUT2D eigenvalue weighted by Gasteiger charge is 2.53. The molecule has 0 spiro atoms. The minimum Gasteiger partial charge on any atom is -0.507 e. The molecule has 0 saturated heterocycles. The number of carbonyl (C=O) groups is 3. The van der Waals surface area contributed by atoms with Crippen molar-refractivity contribution >= 4 is 17.8 Å². The van der Waals surface area contributed by atoms with Crippen molar-refractivity contribution in [2.24, 2.45) is 17.8 Å². The van der Waals surface area contributed by atoms with Gasteiger partial charge in [-0.25, -0.2) is 9.48 Å². The zero-order chi connectivity index (χ0) is 38.4. The zero-order valence-corrected chi connectivity index (χ0v) is 32.3. The molecule has 0 aliphatic heterocycles. The molecular formula is C41H56N6O6. The molecule has 4 unspecified atom stereocenters. The first-order valence-corrected chi connectivity index (χ1v) is 18.9. The average Bonchev–Trinajstić information content (AvgIpc) is 3.57. The standard InChI is InChI=1S/C41H56N6O6/c1-26(2)31-24-29(39(50)46(6)20-10-19-45(5)18-9-17-42-4)13-14-33(31)47-34(37-35(48)11-8-12-36(37)53-7)25-32(44-47)38(49)43-41(40(51)52)16-15-28-21-27(3)22-30(41)23-28/h8,11-12,24-28,30,42,48H,9-10,15-23H2,1-7H3,(H,43,49)(H,51,52). The van der Waals surface area contributed by atoms with Crippen molar-refractivity contribution in [2.75, 3.05) is 54.4 Å². The van der Waals surface area contributed by atoms with E-state index < -0.39 is 17.4 Å². The fraction of sp³-hybridized carbons (Fsp3) is 0.561. The minimum absolute atomic E-state index is 0.0178. The molecule has 2 aromatic carbocycles. The molecule has 286 valence electrons. The SMILES string of the molecule is CNCCCN(C)CCCN(C)C(=O)c1c#cc(-n2nc(C(=O)NC3(C(=O)O)CCC4CC(C)CC3C4)cc2-c2c(O)cccc2OC)c(C(C)C)c1. The van der Waals surface area contributed by atoms with Crippen molar-refractivity contribution < 1.29 is 29.3 Å². The van der Waals surface area contributed by atoms with Crippen LogP contribution in [0.25, 0.3) is 16.9 Å². The second-order valence-electron chi connectivity index (χ2n) is 15.4. The molecule has 0 radical (unpaired) electrons. The number of nitrogens with zero attached hydrogens (tertiary/aromatic N) is 4. The summed E-state index contributed by atoms with van der Waals surface area (Å²) in [4.78, 5) is 44.7. The summed E-state index contributed by atoms with van der Waals surface area (Å²) in [5.41, 5.74) is 0.743. The van der Waals surface area contributed by atoms with Crippen LogP contribution in [0.4, 0.5) is 0 Å². The van der Waals surface area contributed by atoms with Crippen LogP contribution in [0, 0.1) is 29.9 Å². The Morgan fingerprint density at radius 2 is 1.85 bits per heavy atom. The summed E-state index contributed by atoms with van der Waals surface area (Å²) in [7, 11) is 7.30. The lowest BCUT2D eigenvalue weighted by atomic mass is 9.60. The lowest BCUT2D eigenvalue weighted by Crippen LogP contribution is -2.62. The maximum absolute atomic E-state index is 14.1. The summed E-state index contributed by atoms with van der Waals surface area (Å²) >= 11 is 0. The largest absolute Gasteiger partial charge is 0.507 e. The van der Waals surface area contributed by atoms with Gasteiger partial charge < -0.3 is 35.4 Å². The van der Waals surface area contributed by atoms with Crippen molar-refractivity contribution in [1.29, 1.82) is 0 Å². The number of nitrogens with one attached hydrogen (secondary N) is 2. The van der Waals surface area contributed by atoms with Gasteiger partial charge in [0.15, 0.2) is 5.69 Å². The number of methoxy groups -OCH3 is 1. The van der Waals surface area contributed by atoms with E-state index >= 15 is 0 Å². The third-order valence-electron chi connectivity index (χ3n) is 11.1. The molecule has 12 heteroatoms. The van der Waals surface area contributed by atoms with Gasteiger partial charge in [0.05, 0.1) is 23.9 Å². The first-order chi connectivity index (χ1) is 25.3. The van der Waals surface area contributed by atoms with Crippen molar-refractivity contribution in [1.82, 2.24) is 30.2 Å². The van der Waals surface area contributed by atoms with Crippen LogP contribution in [-0.4, -0.2) is 108 Å². The quantitative estimate of drug-likeness (QED) is 0.143. The van der Waals surface area contributed by atoms with Crippen molar-refractivity contribution in [3.8, 4) is 28.4 Å². The molecule has 2 saturated carbocycles. The number of aromatic hydroxyl groups is 1. The number of aromatic nitrogens is 2. The molecule has 2 bridgehead atoms. The number of phenolic OH excluding ortho intramolecular Hbond substituents is 1. The van der Waals surface area contributed by atoms with Gasteiger partial charge in [0, 0.05) is 13.6 Å². The first-order valence-electron chi connectivity index (χ1n) is 18.9. The van der Waals surface area contributed by atoms with Gasteiger partial charge in [-0.1, -0.05) is 32.9 Å². The molecular weight excluding hydrogens is 672 g/mol. The normalized spacial score (nSPS) is 21.0. The molecule has 5 rings (SSSR count). The Morgan fingerprint density at radius 1 is 1.09 bits per heavy atom. The minimum atomic E-state index is -1.40. The zero-order valence-electron chi connectivity index (χ0n) is 32.3. The van der Waals surface area contributed by atoms with Gasteiger partial charge in [-0.05, 0) is 138 Å². The van der Waals surface area contributed by atoms with Crippen molar-refractivity contribution in [3.63, 3.8) is 0 Å². The average molecular weight is 729 g/mol. The van der Waals surface area contributed by atoms with Crippen LogP contribution >= 0.6 is 0 Å². The number of hydrogen-bond acceptors (Lipinski definition) is 8. The summed E-state index contributed by atoms with van der Waals surface area (Å²) in [6.07, 6.45) is 5.55. The van der Waals surface area contributed by atoms with E-state index in [1.54, 1.807) is 30.1 Å². The Bertz CT molecular complexity index is 1770. The number of amides is 2. The number of phenols is 1. The monoisotopic (exact) mass is 728 g/mol. The van der Waals surface area contributed by atoms with Gasteiger partial charge in [-0.15, -0.1) is 0 Å². The second kappa shape index (κ2) is 17.0. The number of ether oxygens (including phenoxy) is 1. The Morgan fingerprint density at radius 3 is 2.55 bits per heavy atom. The summed E-state index contributed by atoms with van der Waals surface area (Å²) in [5, 5.41) is 32.6. The van der Waals surface area contributed by atoms with E-state index in [0.29, 0.717) is 53.1 Å². The molecule has 1 heterocycles. The van der Waals surface area contributed by atoms with Gasteiger partial charge in [0.25, 0.3) is 11.8 Å². The van der Waals surface area contributed by atoms with Crippen LogP contribution in [0.5, 0.6) is 11.5 Å². The number of hydrogen-bond donors (Lipinski definition) is 4. The van der Waals surface area contributed by atoms with E-state index in [2.05, 4.69) is 41.6 Å². The van der Waals surface area contributed by atoms with E-state index in [-0.39, 0.29) is 29.2 Å². The van der Waals surface area contributed by atoms with Gasteiger partial charge in [0.1, 0.15) is 22.7 Å². The topological polar surface area (TPSA) is 149 Å². The van der Waals surface area contributed by atoms with Crippen LogP contribution in [0.3, 0.4) is 0 Å². The Hall–Kier alpha value is -4.60. The number of benzene rings is 1. The summed E-state index contributed by atoms with van der Waals surface area (Å²) in [6, 6.07) is 14.4. The van der Waals surface area contributed by atoms with Gasteiger partial charge in [-0.3, -0.25) is 9.59 Å². The smallest absolute Gasteiger partial charge is 0.329 e. The van der Waals surface area contributed by atoms with Crippen molar-refractivity contribution in [2.45, 2.75) is 77.2 Å². The number of fused-ring (bicyclic) bond motifs is 2.